The van der Waals surface area contributed by atoms with Crippen LogP contribution in [0.1, 0.15) is 19.9 Å². The van der Waals surface area contributed by atoms with Crippen molar-refractivity contribution < 1.29 is 9.53 Å². The van der Waals surface area contributed by atoms with Crippen molar-refractivity contribution in [1.29, 1.82) is 0 Å². The first-order valence-electron chi connectivity index (χ1n) is 5.84. The van der Waals surface area contributed by atoms with Crippen LogP contribution in [0.4, 0.5) is 5.69 Å². The molecular weight excluding hydrogens is 230 g/mol. The molecule has 0 bridgehead atoms. The molecule has 1 heterocycles. The Hall–Kier alpha value is -2.04. The minimum absolute atomic E-state index is 0.118. The normalized spacial score (nSPS) is 12.9. The van der Waals surface area contributed by atoms with E-state index in [1.807, 2.05) is 24.5 Å². The molecule has 0 spiro atoms. The fourth-order valence-electron chi connectivity index (χ4n) is 2.10. The SMILES string of the molecule is COC(=O)C(C(C)C)n1cnc2cc(N)ccc21. The highest BCUT2D eigenvalue weighted by Gasteiger charge is 2.26. The number of esters is 1. The Bertz CT molecular complexity index is 575. The van der Waals surface area contributed by atoms with Crippen molar-refractivity contribution in [3.05, 3.63) is 24.5 Å². The van der Waals surface area contributed by atoms with E-state index in [-0.39, 0.29) is 17.9 Å². The van der Waals surface area contributed by atoms with Crippen molar-refractivity contribution >= 4 is 22.7 Å². The molecule has 1 atom stereocenters. The van der Waals surface area contributed by atoms with Crippen LogP contribution in [0, 0.1) is 5.92 Å². The van der Waals surface area contributed by atoms with Crippen LogP contribution < -0.4 is 5.73 Å². The predicted molar refractivity (Wildman–Crippen MR) is 70.0 cm³/mol. The van der Waals surface area contributed by atoms with Gasteiger partial charge in [-0.05, 0) is 24.1 Å². The lowest BCUT2D eigenvalue weighted by Crippen LogP contribution is -2.25. The van der Waals surface area contributed by atoms with E-state index < -0.39 is 0 Å². The molecule has 0 radical (unpaired) electrons. The quantitative estimate of drug-likeness (QED) is 0.665. The number of benzene rings is 1. The number of carbonyl (C=O) groups excluding carboxylic acids is 1. The van der Waals surface area contributed by atoms with Gasteiger partial charge in [0.2, 0.25) is 0 Å². The number of nitrogen functional groups attached to an aromatic ring is 1. The maximum atomic E-state index is 11.9. The third-order valence-electron chi connectivity index (χ3n) is 2.97. The second-order valence-electron chi connectivity index (χ2n) is 4.61. The Morgan fingerprint density at radius 1 is 1.44 bits per heavy atom. The van der Waals surface area contributed by atoms with Crippen LogP contribution in [0.15, 0.2) is 24.5 Å². The predicted octanol–water partition coefficient (Wildman–Crippen LogP) is 1.99. The summed E-state index contributed by atoms with van der Waals surface area (Å²) >= 11 is 0. The molecule has 0 saturated carbocycles. The maximum Gasteiger partial charge on any atom is 0.329 e. The largest absolute Gasteiger partial charge is 0.467 e. The Balaban J connectivity index is 2.54. The van der Waals surface area contributed by atoms with Gasteiger partial charge in [-0.1, -0.05) is 13.8 Å². The van der Waals surface area contributed by atoms with Crippen molar-refractivity contribution in [2.24, 2.45) is 5.92 Å². The molecule has 2 N–H and O–H groups in total. The Labute approximate surface area is 106 Å². The third kappa shape index (κ3) is 2.03. The number of nitrogens with zero attached hydrogens (tertiary/aromatic N) is 2. The number of hydrogen-bond donors (Lipinski definition) is 1. The van der Waals surface area contributed by atoms with E-state index in [9.17, 15) is 4.79 Å². The molecule has 2 rings (SSSR count). The molecule has 0 amide bonds. The Kier molecular flexibility index (Phi) is 3.23. The number of fused-ring (bicyclic) bond motifs is 1. The highest BCUT2D eigenvalue weighted by molar-refractivity contribution is 5.82. The first-order chi connectivity index (χ1) is 8.54. The van der Waals surface area contributed by atoms with E-state index in [2.05, 4.69) is 4.98 Å². The number of anilines is 1. The summed E-state index contributed by atoms with van der Waals surface area (Å²) in [4.78, 5) is 16.1. The highest BCUT2D eigenvalue weighted by atomic mass is 16.5. The molecular formula is C13H17N3O2. The first kappa shape index (κ1) is 12.4. The number of ether oxygens (including phenoxy) is 1. The van der Waals surface area contributed by atoms with Crippen molar-refractivity contribution in [2.45, 2.75) is 19.9 Å². The molecule has 0 aliphatic heterocycles. The van der Waals surface area contributed by atoms with E-state index in [0.717, 1.165) is 11.0 Å². The fourth-order valence-corrected chi connectivity index (χ4v) is 2.10. The van der Waals surface area contributed by atoms with E-state index in [0.29, 0.717) is 5.69 Å². The molecule has 5 heteroatoms. The lowest BCUT2D eigenvalue weighted by molar-refractivity contribution is -0.145. The zero-order valence-corrected chi connectivity index (χ0v) is 10.8. The summed E-state index contributed by atoms with van der Waals surface area (Å²) in [7, 11) is 1.40. The Morgan fingerprint density at radius 3 is 2.78 bits per heavy atom. The van der Waals surface area contributed by atoms with E-state index in [1.165, 1.54) is 7.11 Å². The van der Waals surface area contributed by atoms with Gasteiger partial charge < -0.3 is 15.0 Å². The van der Waals surface area contributed by atoms with Gasteiger partial charge in [0, 0.05) is 5.69 Å². The zero-order valence-electron chi connectivity index (χ0n) is 10.8. The zero-order chi connectivity index (χ0) is 13.3. The van der Waals surface area contributed by atoms with Crippen LogP contribution in [0.2, 0.25) is 0 Å². The molecule has 2 aromatic rings. The highest BCUT2D eigenvalue weighted by Crippen LogP contribution is 2.25. The molecule has 5 nitrogen and oxygen atoms in total. The summed E-state index contributed by atoms with van der Waals surface area (Å²) in [5.74, 6) is -0.145. The van der Waals surface area contributed by atoms with Gasteiger partial charge in [0.05, 0.1) is 24.5 Å². The molecule has 0 aliphatic rings. The summed E-state index contributed by atoms with van der Waals surface area (Å²) < 4.78 is 6.70. The second kappa shape index (κ2) is 4.68. The number of imidazole rings is 1. The standard InChI is InChI=1S/C13H17N3O2/c1-8(2)12(13(17)18-3)16-7-15-10-6-9(14)4-5-11(10)16/h4-8,12H,14H2,1-3H3. The average molecular weight is 247 g/mol. The third-order valence-corrected chi connectivity index (χ3v) is 2.97. The van der Waals surface area contributed by atoms with Crippen LogP contribution in [0.5, 0.6) is 0 Å². The van der Waals surface area contributed by atoms with Crippen LogP contribution in [-0.2, 0) is 9.53 Å². The fraction of sp³-hybridized carbons (Fsp3) is 0.385. The number of aromatic nitrogens is 2. The van der Waals surface area contributed by atoms with Crippen molar-refractivity contribution in [3.8, 4) is 0 Å². The molecule has 18 heavy (non-hydrogen) atoms. The monoisotopic (exact) mass is 247 g/mol. The number of nitrogens with two attached hydrogens (primary N) is 1. The van der Waals surface area contributed by atoms with Crippen LogP contribution >= 0.6 is 0 Å². The maximum absolute atomic E-state index is 11.9. The van der Waals surface area contributed by atoms with E-state index >= 15 is 0 Å². The van der Waals surface area contributed by atoms with Crippen LogP contribution in [0.3, 0.4) is 0 Å². The Morgan fingerprint density at radius 2 is 2.17 bits per heavy atom. The van der Waals surface area contributed by atoms with Crippen molar-refractivity contribution in [1.82, 2.24) is 9.55 Å². The summed E-state index contributed by atoms with van der Waals surface area (Å²) in [6.07, 6.45) is 1.66. The van der Waals surface area contributed by atoms with Gasteiger partial charge in [-0.2, -0.15) is 0 Å². The number of hydrogen-bond acceptors (Lipinski definition) is 4. The minimum atomic E-state index is -0.372. The van der Waals surface area contributed by atoms with Crippen molar-refractivity contribution in [3.63, 3.8) is 0 Å². The summed E-state index contributed by atoms with van der Waals surface area (Å²) in [5, 5.41) is 0. The van der Waals surface area contributed by atoms with Gasteiger partial charge in [0.15, 0.2) is 0 Å². The number of methoxy groups -OCH3 is 1. The topological polar surface area (TPSA) is 70.1 Å². The lowest BCUT2D eigenvalue weighted by Gasteiger charge is -2.20. The van der Waals surface area contributed by atoms with Gasteiger partial charge in [-0.3, -0.25) is 0 Å². The van der Waals surface area contributed by atoms with Crippen LogP contribution in [0.25, 0.3) is 11.0 Å². The van der Waals surface area contributed by atoms with E-state index in [1.54, 1.807) is 18.5 Å². The van der Waals surface area contributed by atoms with Gasteiger partial charge in [-0.15, -0.1) is 0 Å². The van der Waals surface area contributed by atoms with Crippen LogP contribution in [-0.4, -0.2) is 22.6 Å². The second-order valence-corrected chi connectivity index (χ2v) is 4.61. The first-order valence-corrected chi connectivity index (χ1v) is 5.84. The molecule has 1 unspecified atom stereocenters. The molecule has 0 fully saturated rings. The van der Waals surface area contributed by atoms with Crippen molar-refractivity contribution in [2.75, 3.05) is 12.8 Å². The number of carbonyl (C=O) groups is 1. The molecule has 0 aliphatic carbocycles. The van der Waals surface area contributed by atoms with Gasteiger partial charge in [0.25, 0.3) is 0 Å². The summed E-state index contributed by atoms with van der Waals surface area (Å²) in [5.41, 5.74) is 8.04. The van der Waals surface area contributed by atoms with Gasteiger partial charge in [0.1, 0.15) is 6.04 Å². The lowest BCUT2D eigenvalue weighted by atomic mass is 10.0. The molecule has 96 valence electrons. The molecule has 0 saturated heterocycles. The minimum Gasteiger partial charge on any atom is -0.467 e. The molecule has 1 aromatic heterocycles. The smallest absolute Gasteiger partial charge is 0.329 e. The number of rotatable bonds is 3. The summed E-state index contributed by atoms with van der Waals surface area (Å²) in [6, 6.07) is 5.09. The van der Waals surface area contributed by atoms with E-state index in [4.69, 9.17) is 10.5 Å². The molecule has 1 aromatic carbocycles. The summed E-state index contributed by atoms with van der Waals surface area (Å²) in [6.45, 7) is 3.95. The average Bonchev–Trinajstić information content (AvgIpc) is 2.71. The van der Waals surface area contributed by atoms with Gasteiger partial charge >= 0.3 is 5.97 Å². The van der Waals surface area contributed by atoms with Gasteiger partial charge in [-0.25, -0.2) is 9.78 Å².